The van der Waals surface area contributed by atoms with Crippen LogP contribution in [0.1, 0.15) is 6.92 Å². The molecule has 0 aliphatic carbocycles. The summed E-state index contributed by atoms with van der Waals surface area (Å²) in [6.45, 7) is 2.70. The molecule has 0 radical (unpaired) electrons. The van der Waals surface area contributed by atoms with Crippen molar-refractivity contribution in [1.82, 2.24) is 9.97 Å². The molecule has 1 heterocycles. The largest absolute Gasteiger partial charge is 0.383 e. The monoisotopic (exact) mass is 218 g/mol. The molecule has 0 aliphatic heterocycles. The minimum absolute atomic E-state index is 0.399. The van der Waals surface area contributed by atoms with E-state index in [2.05, 4.69) is 15.3 Å². The number of nitrogens with one attached hydrogen (secondary N) is 1. The maximum Gasteiger partial charge on any atom is 0.226 e. The van der Waals surface area contributed by atoms with E-state index in [0.717, 1.165) is 11.4 Å². The molecule has 72 valence electrons. The molecule has 0 aromatic carbocycles. The summed E-state index contributed by atoms with van der Waals surface area (Å²) in [7, 11) is 0. The Balaban J connectivity index is 3.05. The van der Waals surface area contributed by atoms with Crippen LogP contribution >= 0.6 is 23.4 Å². The molecule has 6 heteroatoms. The number of thioether (sulfide) groups is 1. The number of halogens is 1. The Hall–Kier alpha value is -0.680. The zero-order valence-corrected chi connectivity index (χ0v) is 9.04. The molecule has 4 nitrogen and oxygen atoms in total. The molecule has 1 aromatic heterocycles. The SMILES string of the molecule is CCNc1nc(N)c(SC)c(Cl)n1. The maximum absolute atomic E-state index is 5.88. The predicted molar refractivity (Wildman–Crippen MR) is 57.4 cm³/mol. The van der Waals surface area contributed by atoms with Crippen LogP contribution in [0.4, 0.5) is 11.8 Å². The number of nitrogen functional groups attached to an aromatic ring is 1. The summed E-state index contributed by atoms with van der Waals surface area (Å²) in [5.74, 6) is 0.895. The van der Waals surface area contributed by atoms with Crippen molar-refractivity contribution in [2.75, 3.05) is 23.9 Å². The molecule has 0 saturated heterocycles. The number of hydrogen-bond donors (Lipinski definition) is 2. The van der Waals surface area contributed by atoms with E-state index in [1.165, 1.54) is 11.8 Å². The lowest BCUT2D eigenvalue weighted by molar-refractivity contribution is 1.06. The van der Waals surface area contributed by atoms with Crippen LogP contribution < -0.4 is 11.1 Å². The Labute approximate surface area is 86.3 Å². The van der Waals surface area contributed by atoms with Crippen molar-refractivity contribution in [2.24, 2.45) is 0 Å². The topological polar surface area (TPSA) is 63.8 Å². The molecule has 0 fully saturated rings. The van der Waals surface area contributed by atoms with Crippen molar-refractivity contribution in [3.63, 3.8) is 0 Å². The van der Waals surface area contributed by atoms with E-state index < -0.39 is 0 Å². The zero-order chi connectivity index (χ0) is 9.84. The van der Waals surface area contributed by atoms with Gasteiger partial charge in [-0.2, -0.15) is 9.97 Å². The van der Waals surface area contributed by atoms with Crippen molar-refractivity contribution in [3.05, 3.63) is 5.15 Å². The first-order valence-electron chi connectivity index (χ1n) is 3.80. The average molecular weight is 219 g/mol. The van der Waals surface area contributed by atoms with Crippen LogP contribution in [0.3, 0.4) is 0 Å². The van der Waals surface area contributed by atoms with Crippen LogP contribution in [0, 0.1) is 0 Å². The highest BCUT2D eigenvalue weighted by molar-refractivity contribution is 7.98. The Morgan fingerprint density at radius 2 is 2.23 bits per heavy atom. The van der Waals surface area contributed by atoms with Crippen molar-refractivity contribution in [1.29, 1.82) is 0 Å². The highest BCUT2D eigenvalue weighted by Crippen LogP contribution is 2.28. The van der Waals surface area contributed by atoms with Gasteiger partial charge in [0.1, 0.15) is 11.0 Å². The van der Waals surface area contributed by atoms with Crippen LogP contribution in [0.2, 0.25) is 5.15 Å². The average Bonchev–Trinajstić information content (AvgIpc) is 2.04. The van der Waals surface area contributed by atoms with Gasteiger partial charge in [-0.25, -0.2) is 0 Å². The Morgan fingerprint density at radius 1 is 1.54 bits per heavy atom. The molecule has 0 amide bonds. The summed E-state index contributed by atoms with van der Waals surface area (Å²) in [5, 5.41) is 3.34. The van der Waals surface area contributed by atoms with Crippen LogP contribution in [0.25, 0.3) is 0 Å². The number of hydrogen-bond acceptors (Lipinski definition) is 5. The number of nitrogens with zero attached hydrogens (tertiary/aromatic N) is 2. The first kappa shape index (κ1) is 10.4. The van der Waals surface area contributed by atoms with Crippen LogP contribution in [0.5, 0.6) is 0 Å². The first-order valence-corrected chi connectivity index (χ1v) is 5.40. The fourth-order valence-electron chi connectivity index (χ4n) is 0.865. The Morgan fingerprint density at radius 3 is 2.69 bits per heavy atom. The van der Waals surface area contributed by atoms with Crippen LogP contribution in [-0.2, 0) is 0 Å². The number of anilines is 2. The highest BCUT2D eigenvalue weighted by atomic mass is 35.5. The van der Waals surface area contributed by atoms with Crippen LogP contribution in [-0.4, -0.2) is 22.8 Å². The molecular formula is C7H11ClN4S. The second-order valence-electron chi connectivity index (χ2n) is 2.29. The van der Waals surface area contributed by atoms with E-state index in [1.54, 1.807) is 0 Å². The van der Waals surface area contributed by atoms with Gasteiger partial charge >= 0.3 is 0 Å². The summed E-state index contributed by atoms with van der Waals surface area (Å²) in [6, 6.07) is 0. The fraction of sp³-hybridized carbons (Fsp3) is 0.429. The smallest absolute Gasteiger partial charge is 0.226 e. The van der Waals surface area contributed by atoms with Gasteiger partial charge in [0.25, 0.3) is 0 Å². The van der Waals surface area contributed by atoms with Gasteiger partial charge in [0, 0.05) is 6.54 Å². The minimum atomic E-state index is 0.399. The molecule has 3 N–H and O–H groups in total. The van der Waals surface area contributed by atoms with Crippen molar-refractivity contribution in [2.45, 2.75) is 11.8 Å². The van der Waals surface area contributed by atoms with Gasteiger partial charge in [-0.05, 0) is 13.2 Å². The third-order valence-corrected chi connectivity index (χ3v) is 2.59. The van der Waals surface area contributed by atoms with Gasteiger partial charge in [0.05, 0.1) is 4.90 Å². The number of aromatic nitrogens is 2. The van der Waals surface area contributed by atoms with E-state index in [1.807, 2.05) is 13.2 Å². The van der Waals surface area contributed by atoms with E-state index in [0.29, 0.717) is 16.9 Å². The van der Waals surface area contributed by atoms with E-state index in [9.17, 15) is 0 Å². The molecule has 0 unspecified atom stereocenters. The van der Waals surface area contributed by atoms with Gasteiger partial charge < -0.3 is 11.1 Å². The lowest BCUT2D eigenvalue weighted by Gasteiger charge is -2.06. The third kappa shape index (κ3) is 2.38. The second-order valence-corrected chi connectivity index (χ2v) is 3.46. The molecule has 0 aliphatic rings. The van der Waals surface area contributed by atoms with E-state index >= 15 is 0 Å². The summed E-state index contributed by atoms with van der Waals surface area (Å²) >= 11 is 7.32. The van der Waals surface area contributed by atoms with Gasteiger partial charge in [-0.1, -0.05) is 11.6 Å². The fourth-order valence-corrected chi connectivity index (χ4v) is 1.74. The predicted octanol–water partition coefficient (Wildman–Crippen LogP) is 1.87. The number of rotatable bonds is 3. The van der Waals surface area contributed by atoms with E-state index in [4.69, 9.17) is 17.3 Å². The summed E-state index contributed by atoms with van der Waals surface area (Å²) in [6.07, 6.45) is 1.88. The van der Waals surface area contributed by atoms with Crippen LogP contribution in [0.15, 0.2) is 4.90 Å². The molecule has 0 spiro atoms. The molecule has 1 aromatic rings. The molecule has 0 atom stereocenters. The zero-order valence-electron chi connectivity index (χ0n) is 7.47. The Kier molecular flexibility index (Phi) is 3.62. The molecular weight excluding hydrogens is 208 g/mol. The Bertz CT molecular complexity index is 282. The summed E-state index contributed by atoms with van der Waals surface area (Å²) in [4.78, 5) is 8.81. The minimum Gasteiger partial charge on any atom is -0.383 e. The molecule has 0 bridgehead atoms. The highest BCUT2D eigenvalue weighted by Gasteiger charge is 2.08. The van der Waals surface area contributed by atoms with Crippen molar-refractivity contribution >= 4 is 35.1 Å². The lowest BCUT2D eigenvalue weighted by Crippen LogP contribution is -2.05. The maximum atomic E-state index is 5.88. The van der Waals surface area contributed by atoms with E-state index in [-0.39, 0.29) is 0 Å². The summed E-state index contributed by atoms with van der Waals surface area (Å²) < 4.78 is 0. The van der Waals surface area contributed by atoms with Gasteiger partial charge in [-0.15, -0.1) is 11.8 Å². The summed E-state index contributed by atoms with van der Waals surface area (Å²) in [5.41, 5.74) is 5.67. The molecule has 1 rings (SSSR count). The van der Waals surface area contributed by atoms with Gasteiger partial charge in [0.15, 0.2) is 0 Å². The third-order valence-electron chi connectivity index (χ3n) is 1.39. The molecule has 0 saturated carbocycles. The first-order chi connectivity index (χ1) is 6.19. The van der Waals surface area contributed by atoms with Crippen molar-refractivity contribution in [3.8, 4) is 0 Å². The normalized spacial score (nSPS) is 10.1. The van der Waals surface area contributed by atoms with Gasteiger partial charge in [0.2, 0.25) is 5.95 Å². The quantitative estimate of drug-likeness (QED) is 0.599. The van der Waals surface area contributed by atoms with Gasteiger partial charge in [-0.3, -0.25) is 0 Å². The second kappa shape index (κ2) is 4.53. The lowest BCUT2D eigenvalue weighted by atomic mass is 10.6. The standard InChI is InChI=1S/C7H11ClN4S/c1-3-10-7-11-5(8)4(13-2)6(9)12-7/h3H2,1-2H3,(H3,9,10,11,12). The number of nitrogens with two attached hydrogens (primary N) is 1. The molecule has 13 heavy (non-hydrogen) atoms. The van der Waals surface area contributed by atoms with Crippen molar-refractivity contribution < 1.29 is 0 Å².